The largest absolute Gasteiger partial charge is 0.302 e. The van der Waals surface area contributed by atoms with Crippen molar-refractivity contribution in [1.29, 1.82) is 0 Å². The Bertz CT molecular complexity index is 886. The van der Waals surface area contributed by atoms with Gasteiger partial charge >= 0.3 is 0 Å². The van der Waals surface area contributed by atoms with Crippen molar-refractivity contribution in [3.05, 3.63) is 54.1 Å². The summed E-state index contributed by atoms with van der Waals surface area (Å²) in [6.45, 7) is 9.92. The standard InChI is InChI=1S/C23H29N3OS2/c1-4-25(5-2)15-16-26(23-24-20-8-6-7-9-21(20)29-23)22(27)14-17-28-19-12-10-18(3)11-13-19/h6-13H,4-5,14-17H2,1-3H3. The average Bonchev–Trinajstić information content (AvgIpc) is 3.16. The lowest BCUT2D eigenvalue weighted by atomic mass is 10.2. The molecule has 0 unspecified atom stereocenters. The molecule has 1 aromatic heterocycles. The molecule has 154 valence electrons. The highest BCUT2D eigenvalue weighted by Crippen LogP contribution is 2.29. The number of likely N-dealkylation sites (N-methyl/N-ethyl adjacent to an activating group) is 1. The van der Waals surface area contributed by atoms with Gasteiger partial charge in [0.05, 0.1) is 10.2 Å². The Morgan fingerprint density at radius 2 is 1.76 bits per heavy atom. The summed E-state index contributed by atoms with van der Waals surface area (Å²) in [7, 11) is 0. The van der Waals surface area contributed by atoms with Crippen LogP contribution in [0.2, 0.25) is 0 Å². The number of carbonyl (C=O) groups is 1. The van der Waals surface area contributed by atoms with Gasteiger partial charge in [-0.1, -0.05) is 55.0 Å². The molecule has 0 aliphatic carbocycles. The number of rotatable bonds is 10. The first-order valence-corrected chi connectivity index (χ1v) is 12.0. The van der Waals surface area contributed by atoms with Gasteiger partial charge in [-0.05, 0) is 44.3 Å². The second-order valence-electron chi connectivity index (χ2n) is 6.95. The average molecular weight is 428 g/mol. The number of hydrogen-bond acceptors (Lipinski definition) is 5. The fourth-order valence-electron chi connectivity index (χ4n) is 3.11. The summed E-state index contributed by atoms with van der Waals surface area (Å²) < 4.78 is 1.12. The molecule has 1 heterocycles. The van der Waals surface area contributed by atoms with Crippen molar-refractivity contribution in [3.63, 3.8) is 0 Å². The number of hydrogen-bond donors (Lipinski definition) is 0. The lowest BCUT2D eigenvalue weighted by molar-refractivity contribution is -0.118. The van der Waals surface area contributed by atoms with E-state index in [0.717, 1.165) is 40.7 Å². The van der Waals surface area contributed by atoms with E-state index in [9.17, 15) is 4.79 Å². The van der Waals surface area contributed by atoms with Gasteiger partial charge in [0.15, 0.2) is 5.13 Å². The molecule has 0 fully saturated rings. The molecule has 0 aliphatic heterocycles. The number of aromatic nitrogens is 1. The minimum atomic E-state index is 0.149. The summed E-state index contributed by atoms with van der Waals surface area (Å²) in [6.07, 6.45) is 0.507. The quantitative estimate of drug-likeness (QED) is 0.403. The van der Waals surface area contributed by atoms with Gasteiger partial charge in [-0.3, -0.25) is 9.69 Å². The molecule has 0 radical (unpaired) electrons. The van der Waals surface area contributed by atoms with Gasteiger partial charge in [0.1, 0.15) is 0 Å². The molecular formula is C23H29N3OS2. The third kappa shape index (κ3) is 6.04. The van der Waals surface area contributed by atoms with Crippen LogP contribution in [-0.2, 0) is 4.79 Å². The number of nitrogens with zero attached hydrogens (tertiary/aromatic N) is 3. The number of carbonyl (C=O) groups excluding carboxylic acids is 1. The van der Waals surface area contributed by atoms with Crippen molar-refractivity contribution in [2.45, 2.75) is 32.1 Å². The second kappa shape index (κ2) is 10.8. The van der Waals surface area contributed by atoms with Crippen LogP contribution in [0.4, 0.5) is 5.13 Å². The van der Waals surface area contributed by atoms with Crippen LogP contribution in [-0.4, -0.2) is 47.7 Å². The van der Waals surface area contributed by atoms with Gasteiger partial charge in [0.25, 0.3) is 0 Å². The molecular weight excluding hydrogens is 398 g/mol. The van der Waals surface area contributed by atoms with Crippen LogP contribution < -0.4 is 4.90 Å². The van der Waals surface area contributed by atoms with Gasteiger partial charge < -0.3 is 4.90 Å². The van der Waals surface area contributed by atoms with Crippen molar-refractivity contribution in [3.8, 4) is 0 Å². The number of thiazole rings is 1. The Hall–Kier alpha value is -1.89. The summed E-state index contributed by atoms with van der Waals surface area (Å²) in [6, 6.07) is 16.6. The monoisotopic (exact) mass is 427 g/mol. The Morgan fingerprint density at radius 1 is 1.03 bits per heavy atom. The Morgan fingerprint density at radius 3 is 2.45 bits per heavy atom. The SMILES string of the molecule is CCN(CC)CCN(C(=O)CCSc1ccc(C)cc1)c1nc2ccccc2s1. The zero-order chi connectivity index (χ0) is 20.6. The molecule has 4 nitrogen and oxygen atoms in total. The van der Waals surface area contributed by atoms with Crippen molar-refractivity contribution in [1.82, 2.24) is 9.88 Å². The van der Waals surface area contributed by atoms with E-state index in [-0.39, 0.29) is 5.91 Å². The van der Waals surface area contributed by atoms with E-state index in [1.807, 2.05) is 23.1 Å². The third-order valence-corrected chi connectivity index (χ3v) is 7.03. The van der Waals surface area contributed by atoms with E-state index >= 15 is 0 Å². The van der Waals surface area contributed by atoms with Gasteiger partial charge in [0.2, 0.25) is 5.91 Å². The van der Waals surface area contributed by atoms with E-state index in [2.05, 4.69) is 56.0 Å². The molecule has 0 atom stereocenters. The summed E-state index contributed by atoms with van der Waals surface area (Å²) in [5.41, 5.74) is 2.21. The van der Waals surface area contributed by atoms with E-state index in [1.54, 1.807) is 23.1 Å². The van der Waals surface area contributed by atoms with Crippen LogP contribution in [0.15, 0.2) is 53.4 Å². The van der Waals surface area contributed by atoms with Crippen LogP contribution >= 0.6 is 23.1 Å². The van der Waals surface area contributed by atoms with Crippen molar-refractivity contribution in [2.24, 2.45) is 0 Å². The molecule has 0 saturated carbocycles. The van der Waals surface area contributed by atoms with Crippen LogP contribution in [0.25, 0.3) is 10.2 Å². The lowest BCUT2D eigenvalue weighted by Gasteiger charge is -2.24. The van der Waals surface area contributed by atoms with Crippen LogP contribution in [0.3, 0.4) is 0 Å². The Balaban J connectivity index is 1.68. The molecule has 6 heteroatoms. The highest BCUT2D eigenvalue weighted by Gasteiger charge is 2.20. The maximum absolute atomic E-state index is 13.1. The first-order chi connectivity index (χ1) is 14.1. The number of para-hydroxylation sites is 1. The fraction of sp³-hybridized carbons (Fsp3) is 0.391. The zero-order valence-electron chi connectivity index (χ0n) is 17.4. The number of aryl methyl sites for hydroxylation is 1. The third-order valence-electron chi connectivity index (χ3n) is 4.95. The van der Waals surface area contributed by atoms with Crippen LogP contribution in [0, 0.1) is 6.92 Å². The smallest absolute Gasteiger partial charge is 0.229 e. The molecule has 1 amide bonds. The molecule has 29 heavy (non-hydrogen) atoms. The molecule has 2 aromatic carbocycles. The molecule has 0 aliphatic rings. The van der Waals surface area contributed by atoms with Gasteiger partial charge in [-0.15, -0.1) is 11.8 Å². The highest BCUT2D eigenvalue weighted by molar-refractivity contribution is 7.99. The Labute approximate surface area is 181 Å². The van der Waals surface area contributed by atoms with Gasteiger partial charge in [-0.25, -0.2) is 4.98 Å². The number of thioether (sulfide) groups is 1. The Kier molecular flexibility index (Phi) is 8.09. The number of amides is 1. The van der Waals surface area contributed by atoms with Crippen LogP contribution in [0.5, 0.6) is 0 Å². The summed E-state index contributed by atoms with van der Waals surface area (Å²) >= 11 is 3.33. The normalized spacial score (nSPS) is 11.3. The zero-order valence-corrected chi connectivity index (χ0v) is 19.1. The van der Waals surface area contributed by atoms with E-state index in [4.69, 9.17) is 4.98 Å². The molecule has 3 rings (SSSR count). The highest BCUT2D eigenvalue weighted by atomic mass is 32.2. The number of benzene rings is 2. The molecule has 3 aromatic rings. The minimum Gasteiger partial charge on any atom is -0.302 e. The van der Waals surface area contributed by atoms with Crippen molar-refractivity contribution >= 4 is 44.4 Å². The second-order valence-corrected chi connectivity index (χ2v) is 9.13. The van der Waals surface area contributed by atoms with Gasteiger partial charge in [0, 0.05) is 30.2 Å². The maximum atomic E-state index is 13.1. The predicted octanol–water partition coefficient (Wildman–Crippen LogP) is 5.46. The van der Waals surface area contributed by atoms with E-state index < -0.39 is 0 Å². The van der Waals surface area contributed by atoms with Crippen molar-refractivity contribution < 1.29 is 4.79 Å². The van der Waals surface area contributed by atoms with Crippen molar-refractivity contribution in [2.75, 3.05) is 36.8 Å². The number of fused-ring (bicyclic) bond motifs is 1. The minimum absolute atomic E-state index is 0.149. The first-order valence-electron chi connectivity index (χ1n) is 10.2. The van der Waals surface area contributed by atoms with Crippen LogP contribution in [0.1, 0.15) is 25.8 Å². The van der Waals surface area contributed by atoms with E-state index in [1.165, 1.54) is 10.5 Å². The topological polar surface area (TPSA) is 36.4 Å². The van der Waals surface area contributed by atoms with E-state index in [0.29, 0.717) is 13.0 Å². The lowest BCUT2D eigenvalue weighted by Crippen LogP contribution is -2.39. The molecule has 0 spiro atoms. The maximum Gasteiger partial charge on any atom is 0.229 e. The first kappa shape index (κ1) is 21.8. The summed E-state index contributed by atoms with van der Waals surface area (Å²) in [5, 5.41) is 0.809. The predicted molar refractivity (Wildman–Crippen MR) is 126 cm³/mol. The van der Waals surface area contributed by atoms with Gasteiger partial charge in [-0.2, -0.15) is 0 Å². The summed E-state index contributed by atoms with van der Waals surface area (Å²) in [5.74, 6) is 0.921. The molecule has 0 N–H and O–H groups in total. The molecule has 0 bridgehead atoms. The summed E-state index contributed by atoms with van der Waals surface area (Å²) in [4.78, 5) is 23.3. The number of anilines is 1. The molecule has 0 saturated heterocycles. The fourth-order valence-corrected chi connectivity index (χ4v) is 4.96.